The largest absolute Gasteiger partial charge is 0.490 e. The Hall–Kier alpha value is -1.75. The number of benzene rings is 1. The van der Waals surface area contributed by atoms with Gasteiger partial charge in [-0.05, 0) is 76.5 Å². The molecule has 0 radical (unpaired) electrons. The van der Waals surface area contributed by atoms with Gasteiger partial charge in [0.1, 0.15) is 5.75 Å². The molecular weight excluding hydrogens is 350 g/mol. The fourth-order valence-corrected chi connectivity index (χ4v) is 4.12. The van der Waals surface area contributed by atoms with Gasteiger partial charge in [0.25, 0.3) is 0 Å². The molecule has 0 amide bonds. The molecule has 0 spiro atoms. The Morgan fingerprint density at radius 3 is 2.39 bits per heavy atom. The van der Waals surface area contributed by atoms with Gasteiger partial charge in [0, 0.05) is 32.8 Å². The second-order valence-corrected chi connectivity index (χ2v) is 7.80. The van der Waals surface area contributed by atoms with Crippen LogP contribution in [0, 0.1) is 0 Å². The fourth-order valence-electron chi connectivity index (χ4n) is 4.12. The number of nitrogens with one attached hydrogen (secondary N) is 1. The molecule has 0 atom stereocenters. The molecule has 3 rings (SSSR count). The third-order valence-corrected chi connectivity index (χ3v) is 5.67. The SMILES string of the molecule is CCNC(=NCCc1ccc(OC2CCCC2)cc1)N1CCC(OCC)CC1. The van der Waals surface area contributed by atoms with Crippen LogP contribution in [-0.4, -0.2) is 55.9 Å². The van der Waals surface area contributed by atoms with Gasteiger partial charge >= 0.3 is 0 Å². The van der Waals surface area contributed by atoms with E-state index in [1.54, 1.807) is 0 Å². The van der Waals surface area contributed by atoms with Crippen LogP contribution in [0.4, 0.5) is 0 Å². The highest BCUT2D eigenvalue weighted by molar-refractivity contribution is 5.80. The van der Waals surface area contributed by atoms with E-state index in [0.717, 1.165) is 63.8 Å². The Kier molecular flexibility index (Phi) is 8.46. The molecule has 2 fully saturated rings. The number of piperidine rings is 1. The number of nitrogens with zero attached hydrogens (tertiary/aromatic N) is 2. The zero-order valence-corrected chi connectivity index (χ0v) is 17.7. The van der Waals surface area contributed by atoms with Crippen molar-refractivity contribution in [3.63, 3.8) is 0 Å². The van der Waals surface area contributed by atoms with Crippen molar-refractivity contribution in [1.82, 2.24) is 10.2 Å². The monoisotopic (exact) mass is 387 g/mol. The zero-order valence-electron chi connectivity index (χ0n) is 17.7. The summed E-state index contributed by atoms with van der Waals surface area (Å²) in [4.78, 5) is 7.24. The van der Waals surface area contributed by atoms with Crippen LogP contribution in [-0.2, 0) is 11.2 Å². The van der Waals surface area contributed by atoms with Crippen LogP contribution < -0.4 is 10.1 Å². The Labute approximate surface area is 170 Å². The average Bonchev–Trinajstić information content (AvgIpc) is 3.23. The first-order chi connectivity index (χ1) is 13.8. The lowest BCUT2D eigenvalue weighted by Gasteiger charge is -2.34. The molecule has 1 saturated carbocycles. The first kappa shape index (κ1) is 21.0. The third-order valence-electron chi connectivity index (χ3n) is 5.67. The molecule has 1 aliphatic carbocycles. The number of likely N-dealkylation sites (tertiary alicyclic amines) is 1. The maximum absolute atomic E-state index is 6.06. The summed E-state index contributed by atoms with van der Waals surface area (Å²) in [6.45, 7) is 8.75. The molecule has 1 N–H and O–H groups in total. The first-order valence-electron chi connectivity index (χ1n) is 11.2. The minimum absolute atomic E-state index is 0.411. The summed E-state index contributed by atoms with van der Waals surface area (Å²) in [6, 6.07) is 8.59. The number of guanidine groups is 1. The minimum Gasteiger partial charge on any atom is -0.490 e. The number of rotatable bonds is 8. The molecule has 2 aliphatic rings. The van der Waals surface area contributed by atoms with Gasteiger partial charge in [0.05, 0.1) is 12.2 Å². The molecule has 156 valence electrons. The standard InChI is InChI=1S/C23H37N3O2/c1-3-24-23(26-17-14-20(15-18-26)27-4-2)25-16-13-19-9-11-22(12-10-19)28-21-7-5-6-8-21/h9-12,20-21H,3-8,13-18H2,1-2H3,(H,24,25). The number of aliphatic imine (C=N–C) groups is 1. The summed E-state index contributed by atoms with van der Waals surface area (Å²) < 4.78 is 11.8. The molecule has 1 aromatic carbocycles. The Balaban J connectivity index is 1.46. The zero-order chi connectivity index (χ0) is 19.6. The van der Waals surface area contributed by atoms with Crippen molar-refractivity contribution < 1.29 is 9.47 Å². The third kappa shape index (κ3) is 6.40. The Morgan fingerprint density at radius 1 is 1.04 bits per heavy atom. The summed E-state index contributed by atoms with van der Waals surface area (Å²) in [5, 5.41) is 3.45. The first-order valence-corrected chi connectivity index (χ1v) is 11.2. The van der Waals surface area contributed by atoms with Gasteiger partial charge in [-0.15, -0.1) is 0 Å². The topological polar surface area (TPSA) is 46.1 Å². The summed E-state index contributed by atoms with van der Waals surface area (Å²) in [6.07, 6.45) is 8.96. The van der Waals surface area contributed by atoms with E-state index in [4.69, 9.17) is 14.5 Å². The van der Waals surface area contributed by atoms with Crippen LogP contribution >= 0.6 is 0 Å². The van der Waals surface area contributed by atoms with Gasteiger partial charge in [-0.3, -0.25) is 4.99 Å². The van der Waals surface area contributed by atoms with E-state index in [-0.39, 0.29) is 0 Å². The molecule has 28 heavy (non-hydrogen) atoms. The van der Waals surface area contributed by atoms with E-state index in [1.807, 2.05) is 0 Å². The lowest BCUT2D eigenvalue weighted by atomic mass is 10.1. The lowest BCUT2D eigenvalue weighted by molar-refractivity contribution is 0.0264. The van der Waals surface area contributed by atoms with E-state index < -0.39 is 0 Å². The van der Waals surface area contributed by atoms with Crippen molar-refractivity contribution in [3.8, 4) is 5.75 Å². The van der Waals surface area contributed by atoms with E-state index >= 15 is 0 Å². The van der Waals surface area contributed by atoms with Crippen LogP contribution in [0.3, 0.4) is 0 Å². The molecule has 5 nitrogen and oxygen atoms in total. The quantitative estimate of drug-likeness (QED) is 0.541. The van der Waals surface area contributed by atoms with Gasteiger partial charge in [-0.25, -0.2) is 0 Å². The van der Waals surface area contributed by atoms with Crippen molar-refractivity contribution >= 4 is 5.96 Å². The summed E-state index contributed by atoms with van der Waals surface area (Å²) in [5.74, 6) is 2.04. The van der Waals surface area contributed by atoms with E-state index in [1.165, 1.54) is 31.2 Å². The van der Waals surface area contributed by atoms with Gasteiger partial charge < -0.3 is 19.7 Å². The van der Waals surface area contributed by atoms with Gasteiger partial charge in [0.2, 0.25) is 0 Å². The fraction of sp³-hybridized carbons (Fsp3) is 0.696. The van der Waals surface area contributed by atoms with E-state index in [2.05, 4.69) is 48.3 Å². The Morgan fingerprint density at radius 2 is 1.75 bits per heavy atom. The maximum atomic E-state index is 6.06. The summed E-state index contributed by atoms with van der Waals surface area (Å²) in [7, 11) is 0. The highest BCUT2D eigenvalue weighted by Crippen LogP contribution is 2.24. The maximum Gasteiger partial charge on any atom is 0.193 e. The summed E-state index contributed by atoms with van der Waals surface area (Å²) in [5.41, 5.74) is 1.31. The molecule has 5 heteroatoms. The van der Waals surface area contributed by atoms with Gasteiger partial charge in [0.15, 0.2) is 5.96 Å². The highest BCUT2D eigenvalue weighted by Gasteiger charge is 2.21. The molecule has 0 aromatic heterocycles. The number of hydrogen-bond donors (Lipinski definition) is 1. The summed E-state index contributed by atoms with van der Waals surface area (Å²) >= 11 is 0. The van der Waals surface area contributed by atoms with Gasteiger partial charge in [-0.2, -0.15) is 0 Å². The van der Waals surface area contributed by atoms with Crippen molar-refractivity contribution in [2.24, 2.45) is 4.99 Å². The predicted octanol–water partition coefficient (Wildman–Crippen LogP) is 4.02. The Bertz CT molecular complexity index is 588. The normalized spacial score (nSPS) is 19.2. The molecule has 1 saturated heterocycles. The van der Waals surface area contributed by atoms with Crippen molar-refractivity contribution in [2.45, 2.75) is 71.0 Å². The second kappa shape index (κ2) is 11.3. The predicted molar refractivity (Wildman–Crippen MR) is 115 cm³/mol. The molecule has 1 aliphatic heterocycles. The molecule has 0 bridgehead atoms. The van der Waals surface area contributed by atoms with Crippen molar-refractivity contribution in [2.75, 3.05) is 32.8 Å². The van der Waals surface area contributed by atoms with E-state index in [9.17, 15) is 0 Å². The van der Waals surface area contributed by atoms with Crippen molar-refractivity contribution in [3.05, 3.63) is 29.8 Å². The van der Waals surface area contributed by atoms with Gasteiger partial charge in [-0.1, -0.05) is 12.1 Å². The smallest absolute Gasteiger partial charge is 0.193 e. The highest BCUT2D eigenvalue weighted by atomic mass is 16.5. The van der Waals surface area contributed by atoms with Crippen LogP contribution in [0.15, 0.2) is 29.3 Å². The molecule has 0 unspecified atom stereocenters. The average molecular weight is 388 g/mol. The molecule has 1 aromatic rings. The van der Waals surface area contributed by atoms with Crippen LogP contribution in [0.1, 0.15) is 57.9 Å². The van der Waals surface area contributed by atoms with Crippen LogP contribution in [0.5, 0.6) is 5.75 Å². The second-order valence-electron chi connectivity index (χ2n) is 7.80. The number of ether oxygens (including phenoxy) is 2. The van der Waals surface area contributed by atoms with Crippen LogP contribution in [0.25, 0.3) is 0 Å². The number of hydrogen-bond acceptors (Lipinski definition) is 3. The van der Waals surface area contributed by atoms with Crippen molar-refractivity contribution in [1.29, 1.82) is 0 Å². The molecule has 1 heterocycles. The van der Waals surface area contributed by atoms with Crippen LogP contribution in [0.2, 0.25) is 0 Å². The van der Waals surface area contributed by atoms with E-state index in [0.29, 0.717) is 12.2 Å². The molecular formula is C23H37N3O2. The minimum atomic E-state index is 0.411. The lowest BCUT2D eigenvalue weighted by Crippen LogP contribution is -2.47.